The van der Waals surface area contributed by atoms with E-state index in [0.717, 1.165) is 17.0 Å². The number of benzene rings is 1. The van der Waals surface area contributed by atoms with Crippen molar-refractivity contribution in [1.29, 1.82) is 0 Å². The predicted octanol–water partition coefficient (Wildman–Crippen LogP) is 2.55. The quantitative estimate of drug-likeness (QED) is 0.773. The predicted molar refractivity (Wildman–Crippen MR) is 83.4 cm³/mol. The molecule has 106 valence electrons. The second-order valence-electron chi connectivity index (χ2n) is 5.04. The molecule has 5 heteroatoms. The van der Waals surface area contributed by atoms with Crippen LogP contribution in [0.5, 0.6) is 0 Å². The van der Waals surface area contributed by atoms with Gasteiger partial charge in [0.1, 0.15) is 0 Å². The largest absolute Gasteiger partial charge is 0.352 e. The first-order chi connectivity index (χ1) is 10.1. The third kappa shape index (κ3) is 2.91. The van der Waals surface area contributed by atoms with Crippen LogP contribution in [0, 0.1) is 13.8 Å². The molecule has 21 heavy (non-hydrogen) atoms. The first-order valence-corrected chi connectivity index (χ1v) is 6.79. The number of aromatic amines is 1. The summed E-state index contributed by atoms with van der Waals surface area (Å²) >= 11 is 0. The number of pyridine rings is 1. The average molecular weight is 280 g/mol. The smallest absolute Gasteiger partial charge is 0.260 e. The molecule has 2 heterocycles. The molecular formula is C16H16N4O. The SMILES string of the molecule is Cc1cc(CNc2nc3ccccc3c(=O)[nH]2)cc(C)n1. The zero-order valence-corrected chi connectivity index (χ0v) is 12.0. The lowest BCUT2D eigenvalue weighted by molar-refractivity contribution is 1.02. The second kappa shape index (κ2) is 5.36. The van der Waals surface area contributed by atoms with E-state index in [-0.39, 0.29) is 5.56 Å². The minimum Gasteiger partial charge on any atom is -0.352 e. The number of H-pyrrole nitrogens is 1. The normalized spacial score (nSPS) is 10.8. The van der Waals surface area contributed by atoms with Gasteiger partial charge in [-0.25, -0.2) is 4.98 Å². The standard InChI is InChI=1S/C16H16N4O/c1-10-7-12(8-11(2)18-10)9-17-16-19-14-6-4-3-5-13(14)15(21)20-16/h3-8H,9H2,1-2H3,(H2,17,19,20,21). The number of aryl methyl sites for hydroxylation is 2. The highest BCUT2D eigenvalue weighted by Gasteiger charge is 2.03. The summed E-state index contributed by atoms with van der Waals surface area (Å²) in [4.78, 5) is 23.5. The van der Waals surface area contributed by atoms with E-state index in [1.54, 1.807) is 6.07 Å². The fourth-order valence-electron chi connectivity index (χ4n) is 2.38. The molecule has 0 fully saturated rings. The van der Waals surface area contributed by atoms with Crippen LogP contribution in [0.25, 0.3) is 10.9 Å². The molecule has 0 saturated heterocycles. The molecule has 1 aromatic carbocycles. The molecule has 5 nitrogen and oxygen atoms in total. The Morgan fingerprint density at radius 1 is 1.10 bits per heavy atom. The van der Waals surface area contributed by atoms with Crippen molar-refractivity contribution in [3.8, 4) is 0 Å². The lowest BCUT2D eigenvalue weighted by atomic mass is 10.2. The zero-order chi connectivity index (χ0) is 14.8. The van der Waals surface area contributed by atoms with Gasteiger partial charge in [0.25, 0.3) is 5.56 Å². The average Bonchev–Trinajstić information content (AvgIpc) is 2.44. The molecule has 0 radical (unpaired) electrons. The number of fused-ring (bicyclic) bond motifs is 1. The van der Waals surface area contributed by atoms with Crippen molar-refractivity contribution in [2.75, 3.05) is 5.32 Å². The van der Waals surface area contributed by atoms with Gasteiger partial charge in [-0.15, -0.1) is 0 Å². The topological polar surface area (TPSA) is 70.7 Å². The van der Waals surface area contributed by atoms with E-state index < -0.39 is 0 Å². The molecule has 0 aliphatic heterocycles. The van der Waals surface area contributed by atoms with Crippen LogP contribution in [0.1, 0.15) is 17.0 Å². The monoisotopic (exact) mass is 280 g/mol. The molecule has 0 aliphatic carbocycles. The highest BCUT2D eigenvalue weighted by molar-refractivity contribution is 5.78. The third-order valence-corrected chi connectivity index (χ3v) is 3.21. The van der Waals surface area contributed by atoms with E-state index in [9.17, 15) is 4.79 Å². The first kappa shape index (κ1) is 13.3. The van der Waals surface area contributed by atoms with Crippen molar-refractivity contribution in [2.45, 2.75) is 20.4 Å². The van der Waals surface area contributed by atoms with Crippen LogP contribution < -0.4 is 10.9 Å². The van der Waals surface area contributed by atoms with E-state index in [0.29, 0.717) is 23.4 Å². The molecule has 0 atom stereocenters. The molecular weight excluding hydrogens is 264 g/mol. The Hall–Kier alpha value is -2.69. The zero-order valence-electron chi connectivity index (χ0n) is 12.0. The van der Waals surface area contributed by atoms with E-state index >= 15 is 0 Å². The van der Waals surface area contributed by atoms with Crippen LogP contribution in [-0.4, -0.2) is 15.0 Å². The van der Waals surface area contributed by atoms with E-state index in [2.05, 4.69) is 20.3 Å². The van der Waals surface area contributed by atoms with Gasteiger partial charge in [0, 0.05) is 17.9 Å². The van der Waals surface area contributed by atoms with Crippen molar-refractivity contribution in [1.82, 2.24) is 15.0 Å². The van der Waals surface area contributed by atoms with E-state index in [4.69, 9.17) is 0 Å². The minimum absolute atomic E-state index is 0.134. The van der Waals surface area contributed by atoms with Gasteiger partial charge >= 0.3 is 0 Å². The lowest BCUT2D eigenvalue weighted by Crippen LogP contribution is -2.13. The van der Waals surface area contributed by atoms with Crippen LogP contribution >= 0.6 is 0 Å². The molecule has 2 aromatic heterocycles. The van der Waals surface area contributed by atoms with Gasteiger partial charge in [-0.3, -0.25) is 14.8 Å². The summed E-state index contributed by atoms with van der Waals surface area (Å²) in [6, 6.07) is 11.3. The number of nitrogens with zero attached hydrogens (tertiary/aromatic N) is 2. The highest BCUT2D eigenvalue weighted by atomic mass is 16.1. The Balaban J connectivity index is 1.86. The Labute approximate surface area is 122 Å². The summed E-state index contributed by atoms with van der Waals surface area (Å²) < 4.78 is 0. The van der Waals surface area contributed by atoms with Gasteiger partial charge in [-0.2, -0.15) is 0 Å². The van der Waals surface area contributed by atoms with Crippen molar-refractivity contribution in [3.63, 3.8) is 0 Å². The molecule has 0 saturated carbocycles. The number of hydrogen-bond acceptors (Lipinski definition) is 4. The van der Waals surface area contributed by atoms with Crippen LogP contribution in [0.15, 0.2) is 41.2 Å². The van der Waals surface area contributed by atoms with Crippen LogP contribution in [0.2, 0.25) is 0 Å². The van der Waals surface area contributed by atoms with Crippen molar-refractivity contribution < 1.29 is 0 Å². The summed E-state index contributed by atoms with van der Waals surface area (Å²) in [5, 5.41) is 3.75. The van der Waals surface area contributed by atoms with E-state index in [1.807, 2.05) is 44.2 Å². The molecule has 0 amide bonds. The maximum atomic E-state index is 12.0. The number of nitrogens with one attached hydrogen (secondary N) is 2. The van der Waals surface area contributed by atoms with Gasteiger partial charge in [0.2, 0.25) is 5.95 Å². The van der Waals surface area contributed by atoms with Crippen molar-refractivity contribution in [2.24, 2.45) is 0 Å². The van der Waals surface area contributed by atoms with Crippen molar-refractivity contribution >= 4 is 16.9 Å². The Kier molecular flexibility index (Phi) is 3.39. The second-order valence-corrected chi connectivity index (χ2v) is 5.04. The summed E-state index contributed by atoms with van der Waals surface area (Å²) in [5.41, 5.74) is 3.62. The highest BCUT2D eigenvalue weighted by Crippen LogP contribution is 2.10. The minimum atomic E-state index is -0.134. The van der Waals surface area contributed by atoms with Crippen LogP contribution in [0.4, 0.5) is 5.95 Å². The number of anilines is 1. The lowest BCUT2D eigenvalue weighted by Gasteiger charge is -2.08. The van der Waals surface area contributed by atoms with E-state index in [1.165, 1.54) is 0 Å². The molecule has 3 rings (SSSR count). The third-order valence-electron chi connectivity index (χ3n) is 3.21. The van der Waals surface area contributed by atoms with Crippen LogP contribution in [-0.2, 0) is 6.54 Å². The Bertz CT molecular complexity index is 834. The number of aromatic nitrogens is 3. The van der Waals surface area contributed by atoms with Gasteiger partial charge in [0.05, 0.1) is 10.9 Å². The molecule has 2 N–H and O–H groups in total. The van der Waals surface area contributed by atoms with Gasteiger partial charge in [0.15, 0.2) is 0 Å². The molecule has 0 spiro atoms. The maximum Gasteiger partial charge on any atom is 0.260 e. The summed E-state index contributed by atoms with van der Waals surface area (Å²) in [6.07, 6.45) is 0. The number of hydrogen-bond donors (Lipinski definition) is 2. The summed E-state index contributed by atoms with van der Waals surface area (Å²) in [6.45, 7) is 4.52. The van der Waals surface area contributed by atoms with Gasteiger partial charge in [-0.1, -0.05) is 12.1 Å². The molecule has 0 bridgehead atoms. The van der Waals surface area contributed by atoms with Gasteiger partial charge < -0.3 is 5.32 Å². The van der Waals surface area contributed by atoms with Gasteiger partial charge in [-0.05, 0) is 43.7 Å². The maximum absolute atomic E-state index is 12.0. The molecule has 3 aromatic rings. The first-order valence-electron chi connectivity index (χ1n) is 6.79. The fraction of sp³-hybridized carbons (Fsp3) is 0.188. The summed E-state index contributed by atoms with van der Waals surface area (Å²) in [7, 11) is 0. The summed E-state index contributed by atoms with van der Waals surface area (Å²) in [5.74, 6) is 0.478. The Morgan fingerprint density at radius 3 is 2.57 bits per heavy atom. The fourth-order valence-corrected chi connectivity index (χ4v) is 2.38. The number of para-hydroxylation sites is 1. The Morgan fingerprint density at radius 2 is 1.81 bits per heavy atom. The molecule has 0 aliphatic rings. The molecule has 0 unspecified atom stereocenters. The van der Waals surface area contributed by atoms with Crippen LogP contribution in [0.3, 0.4) is 0 Å². The van der Waals surface area contributed by atoms with Crippen molar-refractivity contribution in [3.05, 3.63) is 63.7 Å². The number of rotatable bonds is 3.